The first-order valence-corrected chi connectivity index (χ1v) is 7.11. The lowest BCUT2D eigenvalue weighted by Crippen LogP contribution is -2.41. The molecule has 2 unspecified atom stereocenters. The highest BCUT2D eigenvalue weighted by Gasteiger charge is 2.49. The van der Waals surface area contributed by atoms with Gasteiger partial charge < -0.3 is 10.5 Å². The molecule has 2 N–H and O–H groups in total. The summed E-state index contributed by atoms with van der Waals surface area (Å²) in [7, 11) is 0. The predicted octanol–water partition coefficient (Wildman–Crippen LogP) is 2.68. The van der Waals surface area contributed by atoms with Crippen LogP contribution in [0.15, 0.2) is 24.3 Å². The Hall–Kier alpha value is -0.860. The topological polar surface area (TPSA) is 35.2 Å². The molecule has 0 spiro atoms. The molecule has 98 valence electrons. The van der Waals surface area contributed by atoms with Gasteiger partial charge in [-0.2, -0.15) is 0 Å². The maximum Gasteiger partial charge on any atom is 0.0675 e. The zero-order chi connectivity index (χ0) is 12.6. The van der Waals surface area contributed by atoms with E-state index in [0.29, 0.717) is 6.10 Å². The van der Waals surface area contributed by atoms with Gasteiger partial charge in [0.2, 0.25) is 0 Å². The Labute approximate surface area is 110 Å². The van der Waals surface area contributed by atoms with Gasteiger partial charge in [0.25, 0.3) is 0 Å². The van der Waals surface area contributed by atoms with Crippen LogP contribution in [0.5, 0.6) is 0 Å². The number of aryl methyl sites for hydroxylation is 1. The predicted molar refractivity (Wildman–Crippen MR) is 73.5 cm³/mol. The molecular formula is C16H23NO. The first-order valence-electron chi connectivity index (χ1n) is 7.11. The van der Waals surface area contributed by atoms with Crippen molar-refractivity contribution in [1.29, 1.82) is 0 Å². The maximum absolute atomic E-state index is 6.12. The van der Waals surface area contributed by atoms with Gasteiger partial charge in [0.1, 0.15) is 0 Å². The van der Waals surface area contributed by atoms with E-state index in [4.69, 9.17) is 10.5 Å². The summed E-state index contributed by atoms with van der Waals surface area (Å²) in [5.74, 6) is 0.779. The molecule has 1 saturated carbocycles. The fraction of sp³-hybridized carbons (Fsp3) is 0.625. The third-order valence-corrected chi connectivity index (χ3v) is 4.63. The molecule has 1 saturated heterocycles. The van der Waals surface area contributed by atoms with Gasteiger partial charge >= 0.3 is 0 Å². The second-order valence-corrected chi connectivity index (χ2v) is 6.11. The zero-order valence-electron chi connectivity index (χ0n) is 11.2. The largest absolute Gasteiger partial charge is 0.377 e. The highest BCUT2D eigenvalue weighted by Crippen LogP contribution is 2.48. The van der Waals surface area contributed by atoms with E-state index in [2.05, 4.69) is 31.2 Å². The van der Waals surface area contributed by atoms with E-state index in [0.717, 1.165) is 31.9 Å². The Morgan fingerprint density at radius 3 is 2.61 bits per heavy atom. The van der Waals surface area contributed by atoms with Gasteiger partial charge in [-0.25, -0.2) is 0 Å². The van der Waals surface area contributed by atoms with Crippen molar-refractivity contribution in [3.05, 3.63) is 35.4 Å². The zero-order valence-corrected chi connectivity index (χ0v) is 11.2. The smallest absolute Gasteiger partial charge is 0.0675 e. The molecule has 2 fully saturated rings. The number of hydrogen-bond donors (Lipinski definition) is 1. The fourth-order valence-electron chi connectivity index (χ4n) is 3.34. The van der Waals surface area contributed by atoms with Crippen LogP contribution in [0.4, 0.5) is 0 Å². The number of rotatable bonds is 4. The van der Waals surface area contributed by atoms with Gasteiger partial charge in [0.15, 0.2) is 0 Å². The molecule has 3 rings (SSSR count). The molecule has 1 aliphatic carbocycles. The molecule has 2 atom stereocenters. The lowest BCUT2D eigenvalue weighted by Gasteiger charge is -2.33. The standard InChI is InChI=1S/C16H23NO/c1-12-2-4-13(5-3-12)10-16(11-17)8-9-18-15(16)14-6-7-14/h2-5,14-15H,6-11,17H2,1H3. The number of nitrogens with two attached hydrogens (primary N) is 1. The third-order valence-electron chi connectivity index (χ3n) is 4.63. The molecule has 1 aromatic rings. The van der Waals surface area contributed by atoms with Crippen molar-refractivity contribution in [2.75, 3.05) is 13.2 Å². The average Bonchev–Trinajstić information content (AvgIpc) is 3.14. The molecule has 1 heterocycles. The van der Waals surface area contributed by atoms with Gasteiger partial charge in [0.05, 0.1) is 6.10 Å². The van der Waals surface area contributed by atoms with Crippen LogP contribution in [0.25, 0.3) is 0 Å². The molecule has 2 heteroatoms. The third kappa shape index (κ3) is 2.19. The molecule has 1 aromatic carbocycles. The summed E-state index contributed by atoms with van der Waals surface area (Å²) in [4.78, 5) is 0. The van der Waals surface area contributed by atoms with Crippen molar-refractivity contribution in [3.8, 4) is 0 Å². The average molecular weight is 245 g/mol. The minimum atomic E-state index is 0.191. The number of hydrogen-bond acceptors (Lipinski definition) is 2. The van der Waals surface area contributed by atoms with E-state index < -0.39 is 0 Å². The van der Waals surface area contributed by atoms with E-state index in [1.165, 1.54) is 24.0 Å². The van der Waals surface area contributed by atoms with E-state index >= 15 is 0 Å². The van der Waals surface area contributed by atoms with E-state index in [1.54, 1.807) is 0 Å². The van der Waals surface area contributed by atoms with E-state index in [1.807, 2.05) is 0 Å². The van der Waals surface area contributed by atoms with Gasteiger partial charge in [-0.15, -0.1) is 0 Å². The Morgan fingerprint density at radius 1 is 1.28 bits per heavy atom. The van der Waals surface area contributed by atoms with E-state index in [9.17, 15) is 0 Å². The molecule has 0 amide bonds. The van der Waals surface area contributed by atoms with Crippen LogP contribution in [0.2, 0.25) is 0 Å². The summed E-state index contributed by atoms with van der Waals surface area (Å²) in [6, 6.07) is 8.88. The highest BCUT2D eigenvalue weighted by molar-refractivity contribution is 5.23. The monoisotopic (exact) mass is 245 g/mol. The van der Waals surface area contributed by atoms with Gasteiger partial charge in [0, 0.05) is 18.6 Å². The van der Waals surface area contributed by atoms with Crippen LogP contribution in [-0.2, 0) is 11.2 Å². The van der Waals surface area contributed by atoms with Crippen LogP contribution in [0.1, 0.15) is 30.4 Å². The Kier molecular flexibility index (Phi) is 3.16. The fourth-order valence-corrected chi connectivity index (χ4v) is 3.34. The molecule has 0 bridgehead atoms. The first-order chi connectivity index (χ1) is 8.73. The quantitative estimate of drug-likeness (QED) is 0.885. The van der Waals surface area contributed by atoms with Crippen molar-refractivity contribution < 1.29 is 4.74 Å². The molecule has 0 radical (unpaired) electrons. The molecule has 0 aromatic heterocycles. The van der Waals surface area contributed by atoms with Crippen LogP contribution in [-0.4, -0.2) is 19.3 Å². The second kappa shape index (κ2) is 4.67. The summed E-state index contributed by atoms with van der Waals surface area (Å²) in [5.41, 5.74) is 9.04. The van der Waals surface area contributed by atoms with Crippen molar-refractivity contribution in [1.82, 2.24) is 0 Å². The SMILES string of the molecule is Cc1ccc(CC2(CN)CCOC2C2CC2)cc1. The minimum absolute atomic E-state index is 0.191. The van der Waals surface area contributed by atoms with Crippen LogP contribution < -0.4 is 5.73 Å². The summed E-state index contributed by atoms with van der Waals surface area (Å²) < 4.78 is 6.00. The lowest BCUT2D eigenvalue weighted by molar-refractivity contribution is 0.0345. The summed E-state index contributed by atoms with van der Waals surface area (Å²) in [6.07, 6.45) is 5.27. The lowest BCUT2D eigenvalue weighted by atomic mass is 9.74. The van der Waals surface area contributed by atoms with Gasteiger partial charge in [-0.05, 0) is 44.1 Å². The van der Waals surface area contributed by atoms with Crippen molar-refractivity contribution in [2.24, 2.45) is 17.1 Å². The number of ether oxygens (including phenoxy) is 1. The molecule has 1 aliphatic heterocycles. The normalized spacial score (nSPS) is 31.8. The maximum atomic E-state index is 6.12. The summed E-state index contributed by atoms with van der Waals surface area (Å²) in [5, 5.41) is 0. The Morgan fingerprint density at radius 2 is 2.00 bits per heavy atom. The van der Waals surface area contributed by atoms with Crippen LogP contribution in [0.3, 0.4) is 0 Å². The van der Waals surface area contributed by atoms with Gasteiger partial charge in [-0.3, -0.25) is 0 Å². The van der Waals surface area contributed by atoms with E-state index in [-0.39, 0.29) is 5.41 Å². The second-order valence-electron chi connectivity index (χ2n) is 6.11. The Bertz CT molecular complexity index is 410. The first kappa shape index (κ1) is 12.2. The van der Waals surface area contributed by atoms with Crippen LogP contribution in [0, 0.1) is 18.3 Å². The summed E-state index contributed by atoms with van der Waals surface area (Å²) >= 11 is 0. The van der Waals surface area contributed by atoms with Gasteiger partial charge in [-0.1, -0.05) is 29.8 Å². The number of benzene rings is 1. The highest BCUT2D eigenvalue weighted by atomic mass is 16.5. The van der Waals surface area contributed by atoms with Crippen molar-refractivity contribution in [3.63, 3.8) is 0 Å². The summed E-state index contributed by atoms with van der Waals surface area (Å²) in [6.45, 7) is 3.78. The van der Waals surface area contributed by atoms with Crippen molar-refractivity contribution >= 4 is 0 Å². The molecule has 2 nitrogen and oxygen atoms in total. The molecule has 2 aliphatic rings. The molecular weight excluding hydrogens is 222 g/mol. The van der Waals surface area contributed by atoms with Crippen molar-refractivity contribution in [2.45, 2.75) is 38.7 Å². The molecule has 18 heavy (non-hydrogen) atoms. The van der Waals surface area contributed by atoms with Crippen LogP contribution >= 0.6 is 0 Å². The Balaban J connectivity index is 1.80. The minimum Gasteiger partial charge on any atom is -0.377 e.